The van der Waals surface area contributed by atoms with Crippen molar-refractivity contribution in [2.24, 2.45) is 5.14 Å². The van der Waals surface area contributed by atoms with Gasteiger partial charge in [-0.2, -0.15) is 0 Å². The molecule has 0 aliphatic carbocycles. The molecule has 0 aliphatic heterocycles. The molecular weight excluding hydrogens is 652 g/mol. The Bertz CT molecular complexity index is 2040. The maximum Gasteiger partial charge on any atom is 0.272 e. The maximum absolute atomic E-state index is 13.5. The maximum atomic E-state index is 13.5. The lowest BCUT2D eigenvalue weighted by Crippen LogP contribution is -2.30. The molecular formula is C36H29FN4O5S2. The van der Waals surface area contributed by atoms with E-state index < -0.39 is 32.9 Å². The van der Waals surface area contributed by atoms with E-state index in [-0.39, 0.29) is 16.5 Å². The molecule has 0 aromatic heterocycles. The molecule has 0 aliphatic rings. The number of anilines is 2. The van der Waals surface area contributed by atoms with Gasteiger partial charge in [0.25, 0.3) is 11.8 Å². The molecule has 0 spiro atoms. The van der Waals surface area contributed by atoms with Gasteiger partial charge in [-0.3, -0.25) is 14.4 Å². The minimum absolute atomic E-state index is 0.0492. The fourth-order valence-corrected chi connectivity index (χ4v) is 6.00. The van der Waals surface area contributed by atoms with E-state index >= 15 is 0 Å². The minimum atomic E-state index is -3.87. The van der Waals surface area contributed by atoms with E-state index in [1.807, 2.05) is 30.3 Å². The Hall–Kier alpha value is -5.56. The van der Waals surface area contributed by atoms with E-state index in [1.165, 1.54) is 66.4 Å². The number of rotatable bonds is 11. The highest BCUT2D eigenvalue weighted by Gasteiger charge is 2.23. The number of nitrogens with two attached hydrogens (primary N) is 1. The molecule has 0 fully saturated rings. The largest absolute Gasteiger partial charge is 0.325 e. The van der Waals surface area contributed by atoms with Crippen LogP contribution >= 0.6 is 11.8 Å². The van der Waals surface area contributed by atoms with Gasteiger partial charge in [-0.05, 0) is 90.0 Å². The number of nitrogens with one attached hydrogen (secondary N) is 3. The van der Waals surface area contributed by atoms with E-state index in [4.69, 9.17) is 5.14 Å². The lowest BCUT2D eigenvalue weighted by molar-refractivity contribution is -0.116. The Morgan fingerprint density at radius 1 is 0.708 bits per heavy atom. The second-order valence-corrected chi connectivity index (χ2v) is 13.1. The van der Waals surface area contributed by atoms with Crippen LogP contribution in [0.15, 0.2) is 149 Å². The molecule has 5 rings (SSSR count). The summed E-state index contributed by atoms with van der Waals surface area (Å²) in [5, 5.41) is 12.7. The predicted molar refractivity (Wildman–Crippen MR) is 185 cm³/mol. The van der Waals surface area contributed by atoms with Crippen molar-refractivity contribution in [3.8, 4) is 0 Å². The summed E-state index contributed by atoms with van der Waals surface area (Å²) in [6.07, 6.45) is 1.45. The third-order valence-electron chi connectivity index (χ3n) is 6.87. The summed E-state index contributed by atoms with van der Waals surface area (Å²) in [6, 6.07) is 35.4. The van der Waals surface area contributed by atoms with Crippen LogP contribution in [0.2, 0.25) is 0 Å². The molecule has 5 aromatic carbocycles. The first-order valence-corrected chi connectivity index (χ1v) is 16.9. The molecule has 0 saturated heterocycles. The van der Waals surface area contributed by atoms with Crippen molar-refractivity contribution in [3.05, 3.63) is 162 Å². The van der Waals surface area contributed by atoms with Gasteiger partial charge in [-0.1, -0.05) is 60.7 Å². The number of benzene rings is 5. The van der Waals surface area contributed by atoms with Gasteiger partial charge in [0.15, 0.2) is 0 Å². The Balaban J connectivity index is 1.32. The Morgan fingerprint density at radius 3 is 1.88 bits per heavy atom. The van der Waals surface area contributed by atoms with E-state index in [1.54, 1.807) is 54.6 Å². The lowest BCUT2D eigenvalue weighted by Gasteiger charge is -2.18. The summed E-state index contributed by atoms with van der Waals surface area (Å²) in [6.45, 7) is 0. The van der Waals surface area contributed by atoms with Crippen LogP contribution in [-0.2, 0) is 19.6 Å². The van der Waals surface area contributed by atoms with Crippen LogP contribution in [0, 0.1) is 5.82 Å². The van der Waals surface area contributed by atoms with Gasteiger partial charge < -0.3 is 16.0 Å². The zero-order valence-corrected chi connectivity index (χ0v) is 26.8. The molecule has 0 radical (unpaired) electrons. The molecule has 48 heavy (non-hydrogen) atoms. The SMILES string of the molecule is NS(=O)(=O)c1ccc(NC(=O)C(Sc2ccc(NC(=O)/C(=C/c3ccc(F)cc3)NC(=O)c3ccccc3)cc2)c2ccccc2)cc1. The van der Waals surface area contributed by atoms with Gasteiger partial charge in [-0.15, -0.1) is 11.8 Å². The second kappa shape index (κ2) is 15.4. The standard InChI is InChI=1S/C36H29FN4O5S2/c37-27-13-11-24(12-14-27)23-32(41-34(42)26-9-5-2-6-10-26)35(43)39-28-15-19-30(20-16-28)47-33(25-7-3-1-4-8-25)36(44)40-29-17-21-31(22-18-29)48(38,45)46/h1-23,33H,(H,39,43)(H,40,44)(H,41,42)(H2,38,45,46)/b32-23-. The van der Waals surface area contributed by atoms with Crippen LogP contribution < -0.4 is 21.1 Å². The fraction of sp³-hybridized carbons (Fsp3) is 0.0278. The number of hydrogen-bond acceptors (Lipinski definition) is 6. The second-order valence-electron chi connectivity index (χ2n) is 10.4. The number of amides is 3. The van der Waals surface area contributed by atoms with Crippen molar-refractivity contribution < 1.29 is 27.2 Å². The molecule has 9 nitrogen and oxygen atoms in total. The molecule has 1 atom stereocenters. The van der Waals surface area contributed by atoms with E-state index in [0.717, 1.165) is 10.5 Å². The molecule has 242 valence electrons. The Morgan fingerprint density at radius 2 is 1.27 bits per heavy atom. The molecule has 12 heteroatoms. The summed E-state index contributed by atoms with van der Waals surface area (Å²) in [4.78, 5) is 40.4. The van der Waals surface area contributed by atoms with Gasteiger partial charge in [0.1, 0.15) is 16.8 Å². The van der Waals surface area contributed by atoms with Crippen molar-refractivity contribution in [1.29, 1.82) is 0 Å². The van der Waals surface area contributed by atoms with Crippen molar-refractivity contribution in [2.75, 3.05) is 10.6 Å². The Kier molecular flexibility index (Phi) is 10.8. The summed E-state index contributed by atoms with van der Waals surface area (Å²) >= 11 is 1.28. The monoisotopic (exact) mass is 680 g/mol. The van der Waals surface area contributed by atoms with Crippen LogP contribution in [0.4, 0.5) is 15.8 Å². The highest BCUT2D eigenvalue weighted by atomic mass is 32.2. The summed E-state index contributed by atoms with van der Waals surface area (Å²) in [5.74, 6) is -1.86. The van der Waals surface area contributed by atoms with E-state index in [9.17, 15) is 27.2 Å². The van der Waals surface area contributed by atoms with Crippen molar-refractivity contribution in [1.82, 2.24) is 5.32 Å². The number of carbonyl (C=O) groups excluding carboxylic acids is 3. The smallest absolute Gasteiger partial charge is 0.272 e. The van der Waals surface area contributed by atoms with Crippen LogP contribution in [0.1, 0.15) is 26.7 Å². The highest BCUT2D eigenvalue weighted by Crippen LogP contribution is 2.37. The Labute approximate surface area is 281 Å². The average Bonchev–Trinajstić information content (AvgIpc) is 3.09. The average molecular weight is 681 g/mol. The lowest BCUT2D eigenvalue weighted by atomic mass is 10.1. The zero-order chi connectivity index (χ0) is 34.1. The molecule has 5 N–H and O–H groups in total. The summed E-state index contributed by atoms with van der Waals surface area (Å²) in [7, 11) is -3.87. The van der Waals surface area contributed by atoms with Crippen LogP contribution in [0.5, 0.6) is 0 Å². The van der Waals surface area contributed by atoms with Gasteiger partial charge in [0.2, 0.25) is 15.9 Å². The van der Waals surface area contributed by atoms with Gasteiger partial charge in [0.05, 0.1) is 4.90 Å². The number of sulfonamides is 1. The van der Waals surface area contributed by atoms with Gasteiger partial charge in [0, 0.05) is 21.8 Å². The van der Waals surface area contributed by atoms with Gasteiger partial charge >= 0.3 is 0 Å². The third-order valence-corrected chi connectivity index (χ3v) is 9.06. The topological polar surface area (TPSA) is 147 Å². The predicted octanol–water partition coefficient (Wildman–Crippen LogP) is 6.35. The van der Waals surface area contributed by atoms with E-state index in [2.05, 4.69) is 16.0 Å². The summed E-state index contributed by atoms with van der Waals surface area (Å²) < 4.78 is 36.7. The van der Waals surface area contributed by atoms with Crippen molar-refractivity contribution in [2.45, 2.75) is 15.0 Å². The van der Waals surface area contributed by atoms with E-state index in [0.29, 0.717) is 22.5 Å². The number of hydrogen-bond donors (Lipinski definition) is 4. The zero-order valence-electron chi connectivity index (χ0n) is 25.2. The first-order chi connectivity index (χ1) is 23.0. The third kappa shape index (κ3) is 9.26. The molecule has 0 bridgehead atoms. The van der Waals surface area contributed by atoms with Crippen molar-refractivity contribution >= 4 is 57.0 Å². The molecule has 1 unspecified atom stereocenters. The van der Waals surface area contributed by atoms with Crippen molar-refractivity contribution in [3.63, 3.8) is 0 Å². The molecule has 0 saturated carbocycles. The van der Waals surface area contributed by atoms with Crippen LogP contribution in [-0.4, -0.2) is 26.1 Å². The summed E-state index contributed by atoms with van der Waals surface area (Å²) in [5.41, 5.74) is 2.38. The van der Waals surface area contributed by atoms with Gasteiger partial charge in [-0.25, -0.2) is 17.9 Å². The molecule has 3 amide bonds. The number of carbonyl (C=O) groups is 3. The minimum Gasteiger partial charge on any atom is -0.325 e. The van der Waals surface area contributed by atoms with Crippen LogP contribution in [0.3, 0.4) is 0 Å². The first kappa shape index (κ1) is 33.8. The van der Waals surface area contributed by atoms with Crippen LogP contribution in [0.25, 0.3) is 6.08 Å². The number of thioether (sulfide) groups is 1. The number of primary sulfonamides is 1. The number of halogens is 1. The fourth-order valence-electron chi connectivity index (χ4n) is 4.46. The first-order valence-electron chi connectivity index (χ1n) is 14.5. The molecule has 5 aromatic rings. The normalized spacial score (nSPS) is 12.1. The quantitative estimate of drug-likeness (QED) is 0.0944. The molecule has 0 heterocycles. The highest BCUT2D eigenvalue weighted by molar-refractivity contribution is 8.00.